The van der Waals surface area contributed by atoms with Crippen molar-refractivity contribution in [3.05, 3.63) is 29.3 Å². The summed E-state index contributed by atoms with van der Waals surface area (Å²) in [6.07, 6.45) is 2.33. The molecule has 0 radical (unpaired) electrons. The number of rotatable bonds is 4. The molecule has 0 spiro atoms. The van der Waals surface area contributed by atoms with Crippen molar-refractivity contribution in [2.45, 2.75) is 39.2 Å². The second-order valence-electron chi connectivity index (χ2n) is 5.96. The summed E-state index contributed by atoms with van der Waals surface area (Å²) >= 11 is 0. The van der Waals surface area contributed by atoms with Gasteiger partial charge in [-0.3, -0.25) is 9.69 Å². The number of nitrogens with zero attached hydrogens (tertiary/aromatic N) is 1. The van der Waals surface area contributed by atoms with E-state index >= 15 is 0 Å². The highest BCUT2D eigenvalue weighted by atomic mass is 16.5. The van der Waals surface area contributed by atoms with Crippen molar-refractivity contribution in [1.29, 1.82) is 0 Å². The van der Waals surface area contributed by atoms with Crippen molar-refractivity contribution in [1.82, 2.24) is 4.90 Å². The van der Waals surface area contributed by atoms with Crippen LogP contribution in [-0.4, -0.2) is 36.4 Å². The number of ether oxygens (including phenoxy) is 1. The number of carbonyl (C=O) groups is 1. The molecule has 0 amide bonds. The minimum absolute atomic E-state index is 0.133. The number of ketones is 1. The third-order valence-corrected chi connectivity index (χ3v) is 4.06. The van der Waals surface area contributed by atoms with E-state index in [1.165, 1.54) is 6.42 Å². The van der Waals surface area contributed by atoms with Crippen LogP contribution in [-0.2, 0) is 0 Å². The molecular formula is C16H23NO2. The Balaban J connectivity index is 2.16. The molecule has 1 aromatic carbocycles. The summed E-state index contributed by atoms with van der Waals surface area (Å²) in [6.45, 7) is 7.90. The first-order chi connectivity index (χ1) is 8.94. The Kier molecular flexibility index (Phi) is 3.95. The lowest BCUT2D eigenvalue weighted by atomic mass is 10.0. The number of likely N-dealkylation sites (tertiary alicyclic amines) is 1. The zero-order valence-corrected chi connectivity index (χ0v) is 12.3. The number of hydrogen-bond acceptors (Lipinski definition) is 3. The third-order valence-electron chi connectivity index (χ3n) is 4.06. The lowest BCUT2D eigenvalue weighted by Crippen LogP contribution is -2.41. The van der Waals surface area contributed by atoms with Gasteiger partial charge in [-0.25, -0.2) is 0 Å². The molecule has 0 bridgehead atoms. The Morgan fingerprint density at radius 2 is 2.16 bits per heavy atom. The van der Waals surface area contributed by atoms with Crippen LogP contribution in [0.25, 0.3) is 0 Å². The number of carbonyl (C=O) groups excluding carboxylic acids is 1. The van der Waals surface area contributed by atoms with E-state index in [1.807, 2.05) is 25.1 Å². The Bertz CT molecular complexity index is 480. The summed E-state index contributed by atoms with van der Waals surface area (Å²) in [6, 6.07) is 5.76. The predicted molar refractivity (Wildman–Crippen MR) is 76.9 cm³/mol. The van der Waals surface area contributed by atoms with Crippen molar-refractivity contribution in [3.8, 4) is 5.75 Å². The zero-order valence-electron chi connectivity index (χ0n) is 12.3. The minimum atomic E-state index is 0.133. The average Bonchev–Trinajstić information content (AvgIpc) is 2.68. The summed E-state index contributed by atoms with van der Waals surface area (Å²) in [4.78, 5) is 14.7. The number of Topliss-reactive ketones (excluding diaryl/α,β-unsaturated/α-hetero) is 1. The molecule has 0 atom stereocenters. The maximum atomic E-state index is 12.5. The van der Waals surface area contributed by atoms with Crippen molar-refractivity contribution in [3.63, 3.8) is 0 Å². The summed E-state index contributed by atoms with van der Waals surface area (Å²) in [7, 11) is 1.62. The quantitative estimate of drug-likeness (QED) is 0.780. The van der Waals surface area contributed by atoms with E-state index in [2.05, 4.69) is 18.7 Å². The lowest BCUT2D eigenvalue weighted by Gasteiger charge is -2.30. The van der Waals surface area contributed by atoms with E-state index in [4.69, 9.17) is 4.74 Å². The van der Waals surface area contributed by atoms with E-state index in [1.54, 1.807) is 7.11 Å². The second-order valence-corrected chi connectivity index (χ2v) is 5.96. The highest BCUT2D eigenvalue weighted by Crippen LogP contribution is 2.29. The van der Waals surface area contributed by atoms with Gasteiger partial charge in [-0.1, -0.05) is 6.07 Å². The van der Waals surface area contributed by atoms with Crippen LogP contribution < -0.4 is 4.74 Å². The molecule has 1 aliphatic rings. The number of benzene rings is 1. The standard InChI is InChI=1S/C16H23NO2/c1-12-6-7-13(15(10-12)19-4)14(18)11-17-9-5-8-16(17,2)3/h6-7,10H,5,8-9,11H2,1-4H3. The minimum Gasteiger partial charge on any atom is -0.496 e. The maximum absolute atomic E-state index is 12.5. The van der Waals surface area contributed by atoms with Gasteiger partial charge in [0.2, 0.25) is 0 Å². The van der Waals surface area contributed by atoms with E-state index in [-0.39, 0.29) is 11.3 Å². The zero-order chi connectivity index (χ0) is 14.0. The van der Waals surface area contributed by atoms with Gasteiger partial charge in [0.1, 0.15) is 5.75 Å². The molecule has 19 heavy (non-hydrogen) atoms. The van der Waals surface area contributed by atoms with Crippen LogP contribution in [0.4, 0.5) is 0 Å². The summed E-state index contributed by atoms with van der Waals surface area (Å²) < 4.78 is 5.32. The first-order valence-electron chi connectivity index (χ1n) is 6.87. The Hall–Kier alpha value is -1.35. The monoisotopic (exact) mass is 261 g/mol. The third kappa shape index (κ3) is 2.98. The van der Waals surface area contributed by atoms with Crippen LogP contribution in [0.5, 0.6) is 5.75 Å². The normalized spacial score (nSPS) is 18.5. The first-order valence-corrected chi connectivity index (χ1v) is 6.87. The van der Waals surface area contributed by atoms with Crippen LogP contribution in [0.3, 0.4) is 0 Å². The predicted octanol–water partition coefficient (Wildman–Crippen LogP) is 3.06. The van der Waals surface area contributed by atoms with Gasteiger partial charge >= 0.3 is 0 Å². The van der Waals surface area contributed by atoms with Gasteiger partial charge in [0, 0.05) is 5.54 Å². The van der Waals surface area contributed by atoms with E-state index in [0.29, 0.717) is 17.9 Å². The molecular weight excluding hydrogens is 238 g/mol. The molecule has 0 aliphatic carbocycles. The van der Waals surface area contributed by atoms with Gasteiger partial charge in [0.05, 0.1) is 19.2 Å². The van der Waals surface area contributed by atoms with E-state index < -0.39 is 0 Å². The number of hydrogen-bond donors (Lipinski definition) is 0. The molecule has 0 unspecified atom stereocenters. The van der Waals surface area contributed by atoms with Gasteiger partial charge in [0.15, 0.2) is 5.78 Å². The van der Waals surface area contributed by atoms with Crippen LogP contribution in [0.2, 0.25) is 0 Å². The Labute approximate surface area is 115 Å². The van der Waals surface area contributed by atoms with Crippen LogP contribution in [0.1, 0.15) is 42.6 Å². The fourth-order valence-electron chi connectivity index (χ4n) is 2.74. The van der Waals surface area contributed by atoms with Gasteiger partial charge in [-0.05, 0) is 57.9 Å². The lowest BCUT2D eigenvalue weighted by molar-refractivity contribution is 0.0868. The number of aryl methyl sites for hydroxylation is 1. The summed E-state index contributed by atoms with van der Waals surface area (Å²) in [5, 5.41) is 0. The largest absolute Gasteiger partial charge is 0.496 e. The average molecular weight is 261 g/mol. The van der Waals surface area contributed by atoms with Crippen molar-refractivity contribution >= 4 is 5.78 Å². The molecule has 0 N–H and O–H groups in total. The molecule has 1 aliphatic heterocycles. The molecule has 1 saturated heterocycles. The molecule has 2 rings (SSSR count). The van der Waals surface area contributed by atoms with E-state index in [0.717, 1.165) is 18.5 Å². The van der Waals surface area contributed by atoms with Crippen molar-refractivity contribution in [2.24, 2.45) is 0 Å². The topological polar surface area (TPSA) is 29.5 Å². The summed E-state index contributed by atoms with van der Waals surface area (Å²) in [5.74, 6) is 0.828. The fraction of sp³-hybridized carbons (Fsp3) is 0.562. The van der Waals surface area contributed by atoms with Gasteiger partial charge < -0.3 is 4.74 Å². The van der Waals surface area contributed by atoms with Crippen molar-refractivity contribution < 1.29 is 9.53 Å². The Morgan fingerprint density at radius 3 is 2.74 bits per heavy atom. The molecule has 1 heterocycles. The maximum Gasteiger partial charge on any atom is 0.180 e. The van der Waals surface area contributed by atoms with Gasteiger partial charge in [-0.15, -0.1) is 0 Å². The number of methoxy groups -OCH3 is 1. The molecule has 0 aromatic heterocycles. The highest BCUT2D eigenvalue weighted by molar-refractivity contribution is 6.00. The molecule has 1 aromatic rings. The highest BCUT2D eigenvalue weighted by Gasteiger charge is 2.33. The molecule has 3 heteroatoms. The molecule has 104 valence electrons. The van der Waals surface area contributed by atoms with Crippen LogP contribution in [0, 0.1) is 6.92 Å². The summed E-state index contributed by atoms with van der Waals surface area (Å²) in [5.41, 5.74) is 1.93. The van der Waals surface area contributed by atoms with Crippen molar-refractivity contribution in [2.75, 3.05) is 20.2 Å². The van der Waals surface area contributed by atoms with Crippen LogP contribution >= 0.6 is 0 Å². The Morgan fingerprint density at radius 1 is 1.42 bits per heavy atom. The van der Waals surface area contributed by atoms with Gasteiger partial charge in [0.25, 0.3) is 0 Å². The second kappa shape index (κ2) is 5.33. The molecule has 0 saturated carbocycles. The SMILES string of the molecule is COc1cc(C)ccc1C(=O)CN1CCCC1(C)C. The fourth-order valence-corrected chi connectivity index (χ4v) is 2.74. The van der Waals surface area contributed by atoms with Gasteiger partial charge in [-0.2, -0.15) is 0 Å². The smallest absolute Gasteiger partial charge is 0.180 e. The molecule has 3 nitrogen and oxygen atoms in total. The first kappa shape index (κ1) is 14.1. The molecule has 1 fully saturated rings. The van der Waals surface area contributed by atoms with E-state index in [9.17, 15) is 4.79 Å². The van der Waals surface area contributed by atoms with Crippen LogP contribution in [0.15, 0.2) is 18.2 Å².